The molecule has 1 saturated heterocycles. The van der Waals surface area contributed by atoms with E-state index in [1.165, 1.54) is 25.8 Å². The van der Waals surface area contributed by atoms with Crippen LogP contribution in [0.2, 0.25) is 0 Å². The molecule has 4 atom stereocenters. The molecule has 0 saturated carbocycles. The van der Waals surface area contributed by atoms with Crippen LogP contribution in [0.1, 0.15) is 19.1 Å². The molecule has 4 N–H and O–H groups in total. The van der Waals surface area contributed by atoms with E-state index in [4.69, 9.17) is 19.9 Å². The minimum Gasteiger partial charge on any atom is -0.492 e. The second-order valence-electron chi connectivity index (χ2n) is 8.50. The summed E-state index contributed by atoms with van der Waals surface area (Å²) in [6.07, 6.45) is 6.83. The van der Waals surface area contributed by atoms with Gasteiger partial charge in [0.15, 0.2) is 23.5 Å². The van der Waals surface area contributed by atoms with Crippen molar-refractivity contribution < 1.29 is 33.7 Å². The highest BCUT2D eigenvalue weighted by Crippen LogP contribution is 2.35. The summed E-state index contributed by atoms with van der Waals surface area (Å²) >= 11 is 0. The van der Waals surface area contributed by atoms with Crippen molar-refractivity contribution in [3.8, 4) is 0 Å². The number of hydrogen-bond donors (Lipinski definition) is 3. The number of Topliss-reactive ketones (excluding diaryl/α,β-unsaturated/α-hetero) is 1. The van der Waals surface area contributed by atoms with Gasteiger partial charge in [0.25, 0.3) is 0 Å². The quantitative estimate of drug-likeness (QED) is 0.367. The molecule has 1 fully saturated rings. The first-order valence-corrected chi connectivity index (χ1v) is 11.5. The Hall–Kier alpha value is -4.20. The minimum atomic E-state index is -1.10. The Morgan fingerprint density at radius 2 is 2.03 bits per heavy atom. The molecule has 2 aromatic heterocycles. The van der Waals surface area contributed by atoms with E-state index in [1.807, 2.05) is 0 Å². The zero-order chi connectivity index (χ0) is 26.1. The number of nitrogens with one attached hydrogen (secondary N) is 1. The van der Waals surface area contributed by atoms with Gasteiger partial charge in [-0.25, -0.2) is 15.0 Å². The van der Waals surface area contributed by atoms with Crippen LogP contribution in [0.15, 0.2) is 60.1 Å². The Labute approximate surface area is 210 Å². The standard InChI is InChI=1S/C24H24N6O7/c1-35-20-12-5-2-3-8-36-21-15(6-4-7-16(32)29-13(18(12)33)9-14(20)31)37-24(19(21)34)30-11-28-17-22(25)26-10-27-23(17)30/h2-4,7,9-11,15,19,21,24,34H,5-6,8H2,1H3,(H,29,32)(H2,25,26,27)/b3-2+,7-4+/t15-,19-,21-,24-/m1/s1. The first-order valence-electron chi connectivity index (χ1n) is 11.5. The van der Waals surface area contributed by atoms with Gasteiger partial charge in [-0.3, -0.25) is 19.0 Å². The Morgan fingerprint density at radius 1 is 1.19 bits per heavy atom. The number of nitrogen functional groups attached to an aromatic ring is 1. The smallest absolute Gasteiger partial charge is 0.248 e. The van der Waals surface area contributed by atoms with Crippen molar-refractivity contribution in [2.24, 2.45) is 0 Å². The lowest BCUT2D eigenvalue weighted by atomic mass is 9.95. The summed E-state index contributed by atoms with van der Waals surface area (Å²) in [6.45, 7) is 0.0927. The van der Waals surface area contributed by atoms with Gasteiger partial charge in [0, 0.05) is 6.08 Å². The van der Waals surface area contributed by atoms with Crippen LogP contribution in [0.25, 0.3) is 11.2 Å². The maximum atomic E-state index is 12.9. The third kappa shape index (κ3) is 4.55. The van der Waals surface area contributed by atoms with Gasteiger partial charge in [-0.15, -0.1) is 0 Å². The number of hydrogen-bond acceptors (Lipinski definition) is 11. The van der Waals surface area contributed by atoms with Gasteiger partial charge in [-0.2, -0.15) is 0 Å². The van der Waals surface area contributed by atoms with Crippen molar-refractivity contribution in [2.75, 3.05) is 19.5 Å². The molecule has 2 aliphatic heterocycles. The first-order chi connectivity index (χ1) is 17.9. The number of carbonyl (C=O) groups is 3. The summed E-state index contributed by atoms with van der Waals surface area (Å²) in [7, 11) is 1.30. The normalized spacial score (nSPS) is 28.7. The highest BCUT2D eigenvalue weighted by atomic mass is 16.6. The molecule has 1 amide bonds. The predicted octanol–water partition coefficient (Wildman–Crippen LogP) is 0.0106. The Balaban J connectivity index is 1.42. The molecule has 13 heteroatoms. The van der Waals surface area contributed by atoms with E-state index in [9.17, 15) is 19.5 Å². The van der Waals surface area contributed by atoms with Gasteiger partial charge in [0.1, 0.15) is 24.1 Å². The highest BCUT2D eigenvalue weighted by molar-refractivity contribution is 6.23. The summed E-state index contributed by atoms with van der Waals surface area (Å²) < 4.78 is 18.8. The molecule has 192 valence electrons. The summed E-state index contributed by atoms with van der Waals surface area (Å²) in [6, 6.07) is 0. The van der Waals surface area contributed by atoms with Crippen molar-refractivity contribution in [3.05, 3.63) is 60.1 Å². The van der Waals surface area contributed by atoms with Gasteiger partial charge in [-0.05, 0) is 18.9 Å². The summed E-state index contributed by atoms with van der Waals surface area (Å²) in [5.41, 5.74) is 6.65. The van der Waals surface area contributed by atoms with Crippen LogP contribution in [-0.2, 0) is 28.6 Å². The molecule has 1 aliphatic carbocycles. The molecule has 0 aromatic carbocycles. The molecule has 0 radical (unpaired) electrons. The predicted molar refractivity (Wildman–Crippen MR) is 127 cm³/mol. The number of ether oxygens (including phenoxy) is 3. The number of amides is 1. The van der Waals surface area contributed by atoms with Crippen LogP contribution < -0.4 is 11.1 Å². The highest BCUT2D eigenvalue weighted by Gasteiger charge is 2.45. The third-order valence-corrected chi connectivity index (χ3v) is 6.24. The molecular formula is C24H24N6O7. The Morgan fingerprint density at radius 3 is 2.84 bits per heavy atom. The minimum absolute atomic E-state index is 0.0760. The molecule has 0 unspecified atom stereocenters. The average molecular weight is 508 g/mol. The number of anilines is 1. The van der Waals surface area contributed by atoms with E-state index in [1.54, 1.807) is 22.8 Å². The van der Waals surface area contributed by atoms with Gasteiger partial charge < -0.3 is 30.4 Å². The molecule has 2 aromatic rings. The molecule has 13 nitrogen and oxygen atoms in total. The number of nitrogens with zero attached hydrogens (tertiary/aromatic N) is 4. The fourth-order valence-corrected chi connectivity index (χ4v) is 4.50. The van der Waals surface area contributed by atoms with Gasteiger partial charge in [0.05, 0.1) is 37.4 Å². The van der Waals surface area contributed by atoms with Gasteiger partial charge in [-0.1, -0.05) is 18.2 Å². The fourth-order valence-electron chi connectivity index (χ4n) is 4.50. The molecule has 2 bridgehead atoms. The number of imidazole rings is 1. The van der Waals surface area contributed by atoms with Crippen LogP contribution in [0.3, 0.4) is 0 Å². The maximum absolute atomic E-state index is 12.9. The SMILES string of the molecule is COC1=C2C/C=C/CO[C@H]3[C@@H](O)[C@H](n4cnc5c(N)ncnc54)O[C@@H]3C/C=C/C(=O)NC(=CC1=O)C2=O. The number of methoxy groups -OCH3 is 1. The second kappa shape index (κ2) is 10.0. The van der Waals surface area contributed by atoms with E-state index in [0.717, 1.165) is 6.08 Å². The Bertz CT molecular complexity index is 1390. The fraction of sp³-hybridized carbons (Fsp3) is 0.333. The average Bonchev–Trinajstić information content (AvgIpc) is 3.43. The second-order valence-corrected chi connectivity index (χ2v) is 8.50. The topological polar surface area (TPSA) is 181 Å². The summed E-state index contributed by atoms with van der Waals surface area (Å²) in [5, 5.41) is 13.6. The van der Waals surface area contributed by atoms with Crippen molar-refractivity contribution in [1.82, 2.24) is 24.8 Å². The van der Waals surface area contributed by atoms with Crippen LogP contribution >= 0.6 is 0 Å². The molecule has 0 spiro atoms. The summed E-state index contributed by atoms with van der Waals surface area (Å²) in [5.74, 6) is -1.49. The number of fused-ring (bicyclic) bond motifs is 4. The molecule has 3 aliphatic rings. The number of ketones is 2. The van der Waals surface area contributed by atoms with E-state index in [0.29, 0.717) is 11.2 Å². The van der Waals surface area contributed by atoms with Crippen molar-refractivity contribution in [3.63, 3.8) is 0 Å². The van der Waals surface area contributed by atoms with Crippen LogP contribution in [-0.4, -0.2) is 74.1 Å². The van der Waals surface area contributed by atoms with Crippen LogP contribution in [0.5, 0.6) is 0 Å². The number of carbonyl (C=O) groups excluding carboxylic acids is 3. The first kappa shape index (κ1) is 24.5. The van der Waals surface area contributed by atoms with E-state index in [2.05, 4.69) is 20.3 Å². The Kier molecular flexibility index (Phi) is 6.65. The molecule has 37 heavy (non-hydrogen) atoms. The number of aliphatic hydroxyl groups excluding tert-OH is 1. The van der Waals surface area contributed by atoms with Crippen LogP contribution in [0.4, 0.5) is 5.82 Å². The van der Waals surface area contributed by atoms with Gasteiger partial charge in [0.2, 0.25) is 17.5 Å². The number of rotatable bonds is 2. The van der Waals surface area contributed by atoms with Crippen molar-refractivity contribution >= 4 is 34.5 Å². The number of aliphatic hydroxyl groups is 1. The largest absolute Gasteiger partial charge is 0.492 e. The maximum Gasteiger partial charge on any atom is 0.248 e. The van der Waals surface area contributed by atoms with E-state index >= 15 is 0 Å². The number of nitrogens with two attached hydrogens (primary N) is 1. The van der Waals surface area contributed by atoms with Gasteiger partial charge >= 0.3 is 0 Å². The molecule has 5 rings (SSSR count). The zero-order valence-corrected chi connectivity index (χ0v) is 19.7. The van der Waals surface area contributed by atoms with Crippen molar-refractivity contribution in [1.29, 1.82) is 0 Å². The van der Waals surface area contributed by atoms with E-state index in [-0.39, 0.29) is 42.3 Å². The number of allylic oxidation sites excluding steroid dienone is 3. The summed E-state index contributed by atoms with van der Waals surface area (Å²) in [4.78, 5) is 50.1. The van der Waals surface area contributed by atoms with Crippen LogP contribution in [0, 0.1) is 0 Å². The van der Waals surface area contributed by atoms with Crippen molar-refractivity contribution in [2.45, 2.75) is 37.4 Å². The lowest BCUT2D eigenvalue weighted by molar-refractivity contribution is -0.120. The zero-order valence-electron chi connectivity index (χ0n) is 19.7. The van der Waals surface area contributed by atoms with E-state index < -0.39 is 42.0 Å². The molecule has 4 heterocycles. The third-order valence-electron chi connectivity index (χ3n) is 6.24. The lowest BCUT2D eigenvalue weighted by Crippen LogP contribution is -2.34. The molecular weight excluding hydrogens is 484 g/mol. The monoisotopic (exact) mass is 508 g/mol. The number of aromatic nitrogens is 4. The lowest BCUT2D eigenvalue weighted by Gasteiger charge is -2.19.